The van der Waals surface area contributed by atoms with Crippen LogP contribution < -0.4 is 14.2 Å². The number of hydrogen-bond acceptors (Lipinski definition) is 7. The van der Waals surface area contributed by atoms with Crippen LogP contribution in [0.15, 0.2) is 35.3 Å². The molecule has 0 unspecified atom stereocenters. The predicted octanol–water partition coefficient (Wildman–Crippen LogP) is 1.69. The monoisotopic (exact) mass is 372 g/mol. The first-order valence-corrected chi connectivity index (χ1v) is 9.09. The maximum absolute atomic E-state index is 12.5. The summed E-state index contributed by atoms with van der Waals surface area (Å²) in [5.74, 6) is 2.44. The number of hydrogen-bond donors (Lipinski definition) is 1. The van der Waals surface area contributed by atoms with Crippen molar-refractivity contribution in [2.75, 3.05) is 19.9 Å². The third kappa shape index (κ3) is 2.99. The van der Waals surface area contributed by atoms with E-state index in [-0.39, 0.29) is 24.7 Å². The van der Waals surface area contributed by atoms with Crippen LogP contribution in [0.25, 0.3) is 0 Å². The molecule has 1 saturated heterocycles. The van der Waals surface area contributed by atoms with Gasteiger partial charge in [-0.25, -0.2) is 4.98 Å². The van der Waals surface area contributed by atoms with E-state index in [1.165, 1.54) is 12.7 Å². The van der Waals surface area contributed by atoms with Crippen LogP contribution in [0, 0.1) is 11.8 Å². The average Bonchev–Trinajstić information content (AvgIpc) is 3.41. The second-order valence-corrected chi connectivity index (χ2v) is 7.31. The van der Waals surface area contributed by atoms with Crippen molar-refractivity contribution in [1.82, 2.24) is 9.88 Å². The van der Waals surface area contributed by atoms with E-state index < -0.39 is 6.10 Å². The van der Waals surface area contributed by atoms with Crippen molar-refractivity contribution in [3.05, 3.63) is 36.5 Å². The second kappa shape index (κ2) is 6.45. The van der Waals surface area contributed by atoms with Crippen molar-refractivity contribution in [2.45, 2.75) is 25.0 Å². The molecule has 1 amide bonds. The van der Waals surface area contributed by atoms with E-state index >= 15 is 0 Å². The molecule has 0 spiro atoms. The molecule has 3 heterocycles. The van der Waals surface area contributed by atoms with Crippen LogP contribution in [-0.4, -0.2) is 53.0 Å². The van der Waals surface area contributed by atoms with Gasteiger partial charge in [-0.3, -0.25) is 4.79 Å². The summed E-state index contributed by atoms with van der Waals surface area (Å²) in [5, 5.41) is 10.6. The zero-order chi connectivity index (χ0) is 18.4. The molecule has 3 aliphatic rings. The molecule has 2 aromatic rings. The standard InChI is InChI=1S/C19H20N2O6/c22-15-3-11-6-21(19(23)14-8-24-9-20-14)7-12(11)4-17(15)27-13-1-2-16-18(5-13)26-10-25-16/h1-2,5,8-9,11-12,15,17,22H,3-4,6-7,10H2/t11-,12+,15+,17+/m0/s1. The molecule has 4 atom stereocenters. The molecular weight excluding hydrogens is 352 g/mol. The van der Waals surface area contributed by atoms with Crippen molar-refractivity contribution in [3.8, 4) is 17.2 Å². The predicted molar refractivity (Wildman–Crippen MR) is 91.6 cm³/mol. The van der Waals surface area contributed by atoms with E-state index in [0.717, 1.165) is 0 Å². The van der Waals surface area contributed by atoms with Crippen LogP contribution >= 0.6 is 0 Å². The summed E-state index contributed by atoms with van der Waals surface area (Å²) in [5.41, 5.74) is 0.322. The third-order valence-corrected chi connectivity index (χ3v) is 5.66. The van der Waals surface area contributed by atoms with Gasteiger partial charge >= 0.3 is 0 Å². The van der Waals surface area contributed by atoms with Gasteiger partial charge in [0.2, 0.25) is 6.79 Å². The molecule has 1 aliphatic carbocycles. The normalized spacial score (nSPS) is 28.9. The Morgan fingerprint density at radius 2 is 2.00 bits per heavy atom. The Labute approximate surface area is 155 Å². The molecule has 5 rings (SSSR count). The lowest BCUT2D eigenvalue weighted by molar-refractivity contribution is -0.0232. The highest BCUT2D eigenvalue weighted by Gasteiger charge is 2.44. The highest BCUT2D eigenvalue weighted by atomic mass is 16.7. The van der Waals surface area contributed by atoms with Gasteiger partial charge in [-0.05, 0) is 36.8 Å². The number of ether oxygens (including phenoxy) is 3. The lowest BCUT2D eigenvalue weighted by Gasteiger charge is -2.35. The fraction of sp³-hybridized carbons (Fsp3) is 0.474. The molecule has 1 aromatic carbocycles. The lowest BCUT2D eigenvalue weighted by Crippen LogP contribution is -2.42. The summed E-state index contributed by atoms with van der Waals surface area (Å²) in [6.45, 7) is 1.48. The lowest BCUT2D eigenvalue weighted by atomic mass is 9.78. The molecule has 2 fully saturated rings. The maximum Gasteiger partial charge on any atom is 0.275 e. The highest BCUT2D eigenvalue weighted by molar-refractivity contribution is 5.92. The van der Waals surface area contributed by atoms with Gasteiger partial charge in [0.05, 0.1) is 6.10 Å². The second-order valence-electron chi connectivity index (χ2n) is 7.31. The Kier molecular flexibility index (Phi) is 3.93. The fourth-order valence-corrected chi connectivity index (χ4v) is 4.29. The van der Waals surface area contributed by atoms with E-state index in [2.05, 4.69) is 4.98 Å². The van der Waals surface area contributed by atoms with Crippen molar-refractivity contribution >= 4 is 5.91 Å². The molecular formula is C19H20N2O6. The first-order valence-electron chi connectivity index (χ1n) is 9.09. The number of nitrogens with zero attached hydrogens (tertiary/aromatic N) is 2. The molecule has 27 heavy (non-hydrogen) atoms. The molecule has 0 bridgehead atoms. The highest BCUT2D eigenvalue weighted by Crippen LogP contribution is 2.40. The third-order valence-electron chi connectivity index (χ3n) is 5.66. The fourth-order valence-electron chi connectivity index (χ4n) is 4.29. The SMILES string of the molecule is O=C(c1cocn1)N1C[C@H]2C[C@@H](Oc3ccc4c(c3)OCO4)[C@H](O)C[C@H]2C1. The number of fused-ring (bicyclic) bond motifs is 2. The summed E-state index contributed by atoms with van der Waals surface area (Å²) in [7, 11) is 0. The molecule has 8 heteroatoms. The molecule has 2 aliphatic heterocycles. The molecule has 1 aromatic heterocycles. The van der Waals surface area contributed by atoms with Crippen molar-refractivity contribution in [3.63, 3.8) is 0 Å². The molecule has 142 valence electrons. The molecule has 0 radical (unpaired) electrons. The molecule has 1 N–H and O–H groups in total. The average molecular weight is 372 g/mol. The summed E-state index contributed by atoms with van der Waals surface area (Å²) in [6, 6.07) is 5.42. The number of aliphatic hydroxyl groups is 1. The first kappa shape index (κ1) is 16.4. The van der Waals surface area contributed by atoms with Gasteiger partial charge in [0.15, 0.2) is 23.6 Å². The number of likely N-dealkylation sites (tertiary alicyclic amines) is 1. The topological polar surface area (TPSA) is 94.3 Å². The van der Waals surface area contributed by atoms with E-state index in [9.17, 15) is 9.90 Å². The van der Waals surface area contributed by atoms with Gasteiger partial charge in [0.1, 0.15) is 18.1 Å². The Morgan fingerprint density at radius 3 is 2.81 bits per heavy atom. The number of rotatable bonds is 3. The number of benzene rings is 1. The van der Waals surface area contributed by atoms with Crippen LogP contribution in [0.3, 0.4) is 0 Å². The van der Waals surface area contributed by atoms with E-state index in [4.69, 9.17) is 18.6 Å². The zero-order valence-corrected chi connectivity index (χ0v) is 14.6. The Balaban J connectivity index is 1.26. The van der Waals surface area contributed by atoms with E-state index in [0.29, 0.717) is 54.8 Å². The van der Waals surface area contributed by atoms with Gasteiger partial charge in [-0.15, -0.1) is 0 Å². The number of aromatic nitrogens is 1. The van der Waals surface area contributed by atoms with Crippen molar-refractivity contribution in [1.29, 1.82) is 0 Å². The van der Waals surface area contributed by atoms with Gasteiger partial charge < -0.3 is 28.6 Å². The Hall–Kier alpha value is -2.74. The Morgan fingerprint density at radius 1 is 1.19 bits per heavy atom. The zero-order valence-electron chi connectivity index (χ0n) is 14.6. The minimum Gasteiger partial charge on any atom is -0.488 e. The number of carbonyl (C=O) groups excluding carboxylic acids is 1. The van der Waals surface area contributed by atoms with Crippen LogP contribution in [0.2, 0.25) is 0 Å². The van der Waals surface area contributed by atoms with Crippen LogP contribution in [-0.2, 0) is 0 Å². The van der Waals surface area contributed by atoms with Crippen LogP contribution in [0.1, 0.15) is 23.3 Å². The Bertz CT molecular complexity index is 839. The summed E-state index contributed by atoms with van der Waals surface area (Å²) >= 11 is 0. The van der Waals surface area contributed by atoms with Crippen molar-refractivity contribution < 1.29 is 28.5 Å². The molecule has 8 nitrogen and oxygen atoms in total. The minimum atomic E-state index is -0.571. The number of carbonyl (C=O) groups is 1. The van der Waals surface area contributed by atoms with Crippen LogP contribution in [0.4, 0.5) is 0 Å². The van der Waals surface area contributed by atoms with Gasteiger partial charge in [-0.2, -0.15) is 0 Å². The quantitative estimate of drug-likeness (QED) is 0.876. The summed E-state index contributed by atoms with van der Waals surface area (Å²) < 4.78 is 21.6. The summed E-state index contributed by atoms with van der Waals surface area (Å²) in [4.78, 5) is 18.2. The van der Waals surface area contributed by atoms with Gasteiger partial charge in [0.25, 0.3) is 5.91 Å². The number of oxazole rings is 1. The van der Waals surface area contributed by atoms with E-state index in [1.54, 1.807) is 11.0 Å². The summed E-state index contributed by atoms with van der Waals surface area (Å²) in [6.07, 6.45) is 3.05. The van der Waals surface area contributed by atoms with Crippen molar-refractivity contribution in [2.24, 2.45) is 11.8 Å². The molecule has 1 saturated carbocycles. The number of amides is 1. The minimum absolute atomic E-state index is 0.124. The smallest absolute Gasteiger partial charge is 0.275 e. The first-order chi connectivity index (χ1) is 13.2. The largest absolute Gasteiger partial charge is 0.488 e. The van der Waals surface area contributed by atoms with Gasteiger partial charge in [0, 0.05) is 19.2 Å². The van der Waals surface area contributed by atoms with E-state index in [1.807, 2.05) is 12.1 Å². The van der Waals surface area contributed by atoms with Gasteiger partial charge in [-0.1, -0.05) is 0 Å². The van der Waals surface area contributed by atoms with Crippen LogP contribution in [0.5, 0.6) is 17.2 Å². The maximum atomic E-state index is 12.5. The number of aliphatic hydroxyl groups excluding tert-OH is 1.